The van der Waals surface area contributed by atoms with Crippen molar-refractivity contribution in [2.45, 2.75) is 26.9 Å². The molecule has 1 aromatic heterocycles. The standard InChI is InChI=1S/C19H21N2.ClH/c1-16-8-10-19(11-9-16)15-21-13-12-20(17(21)2)14-18-6-4-3-5-7-18;/h3-13H,14-15H2,1-2H3;1H/q+1;/p-1. The Hall–Kier alpha value is -2.06. The summed E-state index contributed by atoms with van der Waals surface area (Å²) in [7, 11) is 0. The van der Waals surface area contributed by atoms with Crippen molar-refractivity contribution in [2.75, 3.05) is 0 Å². The van der Waals surface area contributed by atoms with Crippen molar-refractivity contribution in [3.05, 3.63) is 89.5 Å². The van der Waals surface area contributed by atoms with Crippen LogP contribution < -0.4 is 17.0 Å². The third-order valence-corrected chi connectivity index (χ3v) is 3.93. The summed E-state index contributed by atoms with van der Waals surface area (Å²) >= 11 is 0. The minimum atomic E-state index is 0. The fourth-order valence-electron chi connectivity index (χ4n) is 2.55. The summed E-state index contributed by atoms with van der Waals surface area (Å²) in [6.07, 6.45) is 4.33. The third-order valence-electron chi connectivity index (χ3n) is 3.93. The van der Waals surface area contributed by atoms with Crippen molar-refractivity contribution in [3.8, 4) is 0 Å². The van der Waals surface area contributed by atoms with Gasteiger partial charge in [-0.25, -0.2) is 9.13 Å². The molecular formula is C19H21ClN2. The molecule has 0 fully saturated rings. The van der Waals surface area contributed by atoms with E-state index in [1.807, 2.05) is 0 Å². The molecule has 0 spiro atoms. The van der Waals surface area contributed by atoms with E-state index in [9.17, 15) is 0 Å². The van der Waals surface area contributed by atoms with Crippen molar-refractivity contribution >= 4 is 0 Å². The van der Waals surface area contributed by atoms with Crippen molar-refractivity contribution < 1.29 is 17.0 Å². The van der Waals surface area contributed by atoms with Gasteiger partial charge < -0.3 is 12.4 Å². The minimum Gasteiger partial charge on any atom is -1.00 e. The van der Waals surface area contributed by atoms with Gasteiger partial charge in [0, 0.05) is 6.92 Å². The van der Waals surface area contributed by atoms with Gasteiger partial charge in [0.2, 0.25) is 0 Å². The molecule has 3 aromatic rings. The van der Waals surface area contributed by atoms with Crippen molar-refractivity contribution in [1.82, 2.24) is 4.57 Å². The maximum Gasteiger partial charge on any atom is 0.253 e. The van der Waals surface area contributed by atoms with E-state index in [1.54, 1.807) is 0 Å². The lowest BCUT2D eigenvalue weighted by Crippen LogP contribution is -3.00. The smallest absolute Gasteiger partial charge is 0.253 e. The Balaban J connectivity index is 0.00000176. The van der Waals surface area contributed by atoms with E-state index in [1.165, 1.54) is 22.5 Å². The molecule has 0 amide bonds. The van der Waals surface area contributed by atoms with Gasteiger partial charge >= 0.3 is 0 Å². The highest BCUT2D eigenvalue weighted by molar-refractivity contribution is 5.21. The number of aryl methyl sites for hydroxylation is 1. The molecule has 0 radical (unpaired) electrons. The molecule has 3 heteroatoms. The van der Waals surface area contributed by atoms with Crippen molar-refractivity contribution in [2.24, 2.45) is 0 Å². The highest BCUT2D eigenvalue weighted by atomic mass is 35.5. The van der Waals surface area contributed by atoms with Gasteiger partial charge in [0.05, 0.1) is 0 Å². The van der Waals surface area contributed by atoms with E-state index in [0.29, 0.717) is 0 Å². The van der Waals surface area contributed by atoms with Crippen LogP contribution in [0.1, 0.15) is 22.5 Å². The Morgan fingerprint density at radius 2 is 1.55 bits per heavy atom. The molecule has 0 unspecified atom stereocenters. The zero-order valence-corrected chi connectivity index (χ0v) is 13.8. The number of hydrogen-bond acceptors (Lipinski definition) is 0. The van der Waals surface area contributed by atoms with Crippen LogP contribution in [0.5, 0.6) is 0 Å². The Kier molecular flexibility index (Phi) is 5.40. The summed E-state index contributed by atoms with van der Waals surface area (Å²) in [5.41, 5.74) is 3.98. The lowest BCUT2D eigenvalue weighted by molar-refractivity contribution is -0.693. The van der Waals surface area contributed by atoms with E-state index in [4.69, 9.17) is 0 Å². The predicted octanol–water partition coefficient (Wildman–Crippen LogP) is 0.493. The van der Waals surface area contributed by atoms with Crippen molar-refractivity contribution in [3.63, 3.8) is 0 Å². The number of hydrogen-bond donors (Lipinski definition) is 0. The first-order chi connectivity index (χ1) is 10.2. The fraction of sp³-hybridized carbons (Fsp3) is 0.211. The third kappa shape index (κ3) is 3.77. The van der Waals surface area contributed by atoms with Crippen LogP contribution in [-0.4, -0.2) is 4.57 Å². The topological polar surface area (TPSA) is 8.81 Å². The van der Waals surface area contributed by atoms with Crippen LogP contribution in [-0.2, 0) is 13.1 Å². The summed E-state index contributed by atoms with van der Waals surface area (Å²) in [5.74, 6) is 1.28. The Labute approximate surface area is 138 Å². The largest absolute Gasteiger partial charge is 1.00 e. The number of benzene rings is 2. The molecule has 2 nitrogen and oxygen atoms in total. The van der Waals surface area contributed by atoms with Crippen molar-refractivity contribution in [1.29, 1.82) is 0 Å². The molecule has 0 bridgehead atoms. The first-order valence-electron chi connectivity index (χ1n) is 7.37. The second-order valence-electron chi connectivity index (χ2n) is 5.57. The second kappa shape index (κ2) is 7.28. The number of imidazole rings is 1. The summed E-state index contributed by atoms with van der Waals surface area (Å²) in [5, 5.41) is 0. The van der Waals surface area contributed by atoms with Crippen LogP contribution in [0.15, 0.2) is 67.0 Å². The van der Waals surface area contributed by atoms with Gasteiger partial charge in [-0.2, -0.15) is 0 Å². The monoisotopic (exact) mass is 312 g/mol. The number of rotatable bonds is 4. The van der Waals surface area contributed by atoms with Crippen LogP contribution in [0.2, 0.25) is 0 Å². The lowest BCUT2D eigenvalue weighted by Gasteiger charge is -2.03. The molecule has 0 saturated carbocycles. The zero-order chi connectivity index (χ0) is 14.7. The first-order valence-corrected chi connectivity index (χ1v) is 7.37. The SMILES string of the molecule is Cc1ccc(Cn2cc[n+](Cc3ccccc3)c2C)cc1.[Cl-]. The molecule has 1 heterocycles. The maximum absolute atomic E-state index is 2.30. The van der Waals surface area contributed by atoms with Gasteiger partial charge in [0.15, 0.2) is 0 Å². The van der Waals surface area contributed by atoms with Crippen LogP contribution in [0.3, 0.4) is 0 Å². The van der Waals surface area contributed by atoms with Gasteiger partial charge in [-0.3, -0.25) is 0 Å². The average Bonchev–Trinajstić information content (AvgIpc) is 2.84. The maximum atomic E-state index is 2.30. The van der Waals surface area contributed by atoms with Gasteiger partial charge in [-0.1, -0.05) is 60.2 Å². The summed E-state index contributed by atoms with van der Waals surface area (Å²) < 4.78 is 4.59. The van der Waals surface area contributed by atoms with Crippen LogP contribution in [0, 0.1) is 13.8 Å². The lowest BCUT2D eigenvalue weighted by atomic mass is 10.1. The molecule has 0 aliphatic rings. The van der Waals surface area contributed by atoms with E-state index in [2.05, 4.69) is 90.0 Å². The Morgan fingerprint density at radius 1 is 0.864 bits per heavy atom. The number of aromatic nitrogens is 2. The average molecular weight is 313 g/mol. The predicted molar refractivity (Wildman–Crippen MR) is 85.2 cm³/mol. The molecule has 0 aliphatic carbocycles. The van der Waals surface area contributed by atoms with E-state index < -0.39 is 0 Å². The summed E-state index contributed by atoms with van der Waals surface area (Å²) in [6, 6.07) is 19.3. The molecule has 114 valence electrons. The van der Waals surface area contributed by atoms with E-state index >= 15 is 0 Å². The molecule has 0 saturated heterocycles. The second-order valence-corrected chi connectivity index (χ2v) is 5.57. The highest BCUT2D eigenvalue weighted by Crippen LogP contribution is 2.07. The number of nitrogens with zero attached hydrogens (tertiary/aromatic N) is 2. The van der Waals surface area contributed by atoms with Crippen LogP contribution >= 0.6 is 0 Å². The van der Waals surface area contributed by atoms with Gasteiger partial charge in [-0.15, -0.1) is 0 Å². The Morgan fingerprint density at radius 3 is 2.23 bits per heavy atom. The normalized spacial score (nSPS) is 10.3. The Bertz CT molecular complexity index is 715. The molecule has 2 aromatic carbocycles. The van der Waals surface area contributed by atoms with E-state index in [0.717, 1.165) is 13.1 Å². The fourth-order valence-corrected chi connectivity index (χ4v) is 2.55. The molecule has 0 aliphatic heterocycles. The highest BCUT2D eigenvalue weighted by Gasteiger charge is 2.12. The quantitative estimate of drug-likeness (QED) is 0.620. The molecular weight excluding hydrogens is 292 g/mol. The minimum absolute atomic E-state index is 0. The number of halogens is 1. The molecule has 0 atom stereocenters. The van der Waals surface area contributed by atoms with Crippen LogP contribution in [0.25, 0.3) is 0 Å². The first kappa shape index (κ1) is 16.3. The van der Waals surface area contributed by atoms with Gasteiger partial charge in [0.25, 0.3) is 5.82 Å². The van der Waals surface area contributed by atoms with Gasteiger partial charge in [0.1, 0.15) is 25.5 Å². The summed E-state index contributed by atoms with van der Waals surface area (Å²) in [4.78, 5) is 0. The molecule has 0 N–H and O–H groups in total. The zero-order valence-electron chi connectivity index (χ0n) is 13.0. The summed E-state index contributed by atoms with van der Waals surface area (Å²) in [6.45, 7) is 6.15. The van der Waals surface area contributed by atoms with Crippen LogP contribution in [0.4, 0.5) is 0 Å². The van der Waals surface area contributed by atoms with Gasteiger partial charge in [-0.05, 0) is 18.1 Å². The molecule has 22 heavy (non-hydrogen) atoms. The molecule has 3 rings (SSSR count). The van der Waals surface area contributed by atoms with E-state index in [-0.39, 0.29) is 12.4 Å².